The molecule has 1 heterocycles. The Balaban J connectivity index is 1.83. The second-order valence-corrected chi connectivity index (χ2v) is 7.82. The Bertz CT molecular complexity index is 625. The summed E-state index contributed by atoms with van der Waals surface area (Å²) >= 11 is 0. The minimum atomic E-state index is -4.30. The Kier molecular flexibility index (Phi) is 8.37. The van der Waals surface area contributed by atoms with Crippen LogP contribution in [0.15, 0.2) is 24.3 Å². The summed E-state index contributed by atoms with van der Waals surface area (Å²) in [5, 5.41) is 8.96. The zero-order valence-electron chi connectivity index (χ0n) is 16.4. The maximum absolute atomic E-state index is 12.6. The molecule has 0 bridgehead atoms. The number of aryl methyl sites for hydroxylation is 1. The van der Waals surface area contributed by atoms with Crippen molar-refractivity contribution in [1.29, 1.82) is 0 Å². The average Bonchev–Trinajstić information content (AvgIpc) is 2.64. The van der Waals surface area contributed by atoms with Gasteiger partial charge in [-0.05, 0) is 68.3 Å². The van der Waals surface area contributed by atoms with E-state index < -0.39 is 17.7 Å². The highest BCUT2D eigenvalue weighted by molar-refractivity contribution is 6.08. The molecule has 0 aliphatic carbocycles. The summed E-state index contributed by atoms with van der Waals surface area (Å²) in [6, 6.07) is 5.48. The molecule has 28 heavy (non-hydrogen) atoms. The highest BCUT2D eigenvalue weighted by Gasteiger charge is 2.32. The van der Waals surface area contributed by atoms with Crippen molar-refractivity contribution in [3.63, 3.8) is 0 Å². The molecule has 3 N–H and O–H groups in total. The predicted molar refractivity (Wildman–Crippen MR) is 106 cm³/mol. The van der Waals surface area contributed by atoms with Crippen molar-refractivity contribution in [3.05, 3.63) is 35.4 Å². The molecule has 1 fully saturated rings. The zero-order valence-corrected chi connectivity index (χ0v) is 16.4. The Morgan fingerprint density at radius 2 is 2.00 bits per heavy atom. The first-order valence-corrected chi connectivity index (χ1v) is 10.1. The minimum absolute atomic E-state index is 0.102. The second kappa shape index (κ2) is 10.3. The van der Waals surface area contributed by atoms with Gasteiger partial charge in [0, 0.05) is 19.0 Å². The van der Waals surface area contributed by atoms with E-state index in [1.165, 1.54) is 0 Å². The van der Waals surface area contributed by atoms with Crippen molar-refractivity contribution in [2.24, 2.45) is 17.6 Å². The Morgan fingerprint density at radius 1 is 1.32 bits per heavy atom. The van der Waals surface area contributed by atoms with Crippen LogP contribution < -0.4 is 5.73 Å². The molecule has 0 spiro atoms. The van der Waals surface area contributed by atoms with Crippen molar-refractivity contribution in [1.82, 2.24) is 4.90 Å². The Hall–Kier alpha value is -1.54. The number of nitrogens with two attached hydrogens (primary N) is 1. The summed E-state index contributed by atoms with van der Waals surface area (Å²) in [4.78, 5) is 13.3. The van der Waals surface area contributed by atoms with Crippen molar-refractivity contribution in [2.45, 2.75) is 50.6 Å². The number of halogens is 3. The monoisotopic (exact) mass is 398 g/mol. The number of rotatable bonds is 9. The lowest BCUT2D eigenvalue weighted by Gasteiger charge is -2.41. The molecule has 2 rings (SSSR count). The summed E-state index contributed by atoms with van der Waals surface area (Å²) in [5.41, 5.74) is 6.62. The fraction of sp³-hybridized carbons (Fsp3) is 0.650. The lowest BCUT2D eigenvalue weighted by Crippen LogP contribution is -2.50. The summed E-state index contributed by atoms with van der Waals surface area (Å²) < 4.78 is 37.9. The van der Waals surface area contributed by atoms with Gasteiger partial charge in [0.1, 0.15) is 7.85 Å². The number of hydrogen-bond donors (Lipinski definition) is 2. The van der Waals surface area contributed by atoms with Gasteiger partial charge in [0.25, 0.3) is 0 Å². The molecule has 1 aromatic rings. The number of aliphatic carboxylic acids is 1. The molecule has 1 aromatic carbocycles. The van der Waals surface area contributed by atoms with E-state index in [4.69, 9.17) is 10.8 Å². The van der Waals surface area contributed by atoms with E-state index in [0.29, 0.717) is 18.3 Å². The van der Waals surface area contributed by atoms with Crippen LogP contribution in [0, 0.1) is 11.8 Å². The molecule has 0 radical (unpaired) electrons. The standard InChI is InChI=1S/C20H30BF3N2O2/c21-12-15(5-8-19(27)28)17-13-26(11-9-18(17)25)10-1-2-14-3-6-16(7-4-14)20(22,23)24/h3-4,6-7,15,17-18H,1-2,5,8-13,21,25H2,(H,27,28). The molecule has 3 atom stereocenters. The van der Waals surface area contributed by atoms with E-state index in [0.717, 1.165) is 62.9 Å². The van der Waals surface area contributed by atoms with Gasteiger partial charge in [0.15, 0.2) is 0 Å². The van der Waals surface area contributed by atoms with E-state index in [1.807, 2.05) is 0 Å². The number of nitrogens with zero attached hydrogens (tertiary/aromatic N) is 1. The largest absolute Gasteiger partial charge is 0.481 e. The van der Waals surface area contributed by atoms with E-state index in [-0.39, 0.29) is 12.5 Å². The number of piperidine rings is 1. The average molecular weight is 398 g/mol. The Labute approximate surface area is 165 Å². The van der Waals surface area contributed by atoms with Gasteiger partial charge < -0.3 is 15.7 Å². The third-order valence-electron chi connectivity index (χ3n) is 5.88. The summed E-state index contributed by atoms with van der Waals surface area (Å²) in [7, 11) is 2.09. The molecule has 8 heteroatoms. The van der Waals surface area contributed by atoms with Crippen LogP contribution in [0.3, 0.4) is 0 Å². The van der Waals surface area contributed by atoms with Crippen LogP contribution in [0.1, 0.15) is 36.8 Å². The molecule has 3 unspecified atom stereocenters. The lowest BCUT2D eigenvalue weighted by atomic mass is 9.73. The smallest absolute Gasteiger partial charge is 0.416 e. The van der Waals surface area contributed by atoms with Crippen molar-refractivity contribution in [2.75, 3.05) is 19.6 Å². The van der Waals surface area contributed by atoms with Gasteiger partial charge >= 0.3 is 12.1 Å². The third-order valence-corrected chi connectivity index (χ3v) is 5.88. The van der Waals surface area contributed by atoms with Crippen molar-refractivity contribution >= 4 is 13.8 Å². The molecular weight excluding hydrogens is 368 g/mol. The molecule has 1 saturated heterocycles. The van der Waals surface area contributed by atoms with Crippen LogP contribution in [-0.2, 0) is 17.4 Å². The van der Waals surface area contributed by atoms with Gasteiger partial charge in [-0.2, -0.15) is 13.2 Å². The first kappa shape index (κ1) is 22.8. The molecule has 1 aliphatic heterocycles. The highest BCUT2D eigenvalue weighted by atomic mass is 19.4. The number of carboxylic acid groups (broad SMARTS) is 1. The number of carbonyl (C=O) groups is 1. The van der Waals surface area contributed by atoms with E-state index in [2.05, 4.69) is 12.7 Å². The summed E-state index contributed by atoms with van der Waals surface area (Å²) in [6.07, 6.45) is -0.0316. The van der Waals surface area contributed by atoms with Crippen LogP contribution in [0.2, 0.25) is 6.32 Å². The SMILES string of the molecule is BCC(CCC(=O)O)C1CN(CCCc2ccc(C(F)(F)F)cc2)CCC1N. The first-order chi connectivity index (χ1) is 13.2. The molecule has 156 valence electrons. The number of benzene rings is 1. The lowest BCUT2D eigenvalue weighted by molar-refractivity contribution is -0.138. The summed E-state index contributed by atoms with van der Waals surface area (Å²) in [5.74, 6) is -0.163. The van der Waals surface area contributed by atoms with Crippen LogP contribution in [0.4, 0.5) is 13.2 Å². The molecule has 0 saturated carbocycles. The fourth-order valence-corrected chi connectivity index (χ4v) is 4.17. The third kappa shape index (κ3) is 6.81. The van der Waals surface area contributed by atoms with Crippen LogP contribution in [0.5, 0.6) is 0 Å². The van der Waals surface area contributed by atoms with Gasteiger partial charge in [-0.25, -0.2) is 0 Å². The second-order valence-electron chi connectivity index (χ2n) is 7.82. The number of hydrogen-bond acceptors (Lipinski definition) is 3. The number of carboxylic acids is 1. The molecule has 4 nitrogen and oxygen atoms in total. The van der Waals surface area contributed by atoms with Gasteiger partial charge in [-0.15, -0.1) is 0 Å². The first-order valence-electron chi connectivity index (χ1n) is 10.1. The molecule has 0 aromatic heterocycles. The van der Waals surface area contributed by atoms with E-state index >= 15 is 0 Å². The van der Waals surface area contributed by atoms with Gasteiger partial charge in [-0.1, -0.05) is 18.5 Å². The van der Waals surface area contributed by atoms with Gasteiger partial charge in [-0.3, -0.25) is 4.79 Å². The van der Waals surface area contributed by atoms with Crippen molar-refractivity contribution < 1.29 is 23.1 Å². The van der Waals surface area contributed by atoms with Crippen LogP contribution >= 0.6 is 0 Å². The van der Waals surface area contributed by atoms with E-state index in [9.17, 15) is 18.0 Å². The number of likely N-dealkylation sites (tertiary alicyclic amines) is 1. The quantitative estimate of drug-likeness (QED) is 0.628. The maximum atomic E-state index is 12.6. The Morgan fingerprint density at radius 3 is 2.57 bits per heavy atom. The van der Waals surface area contributed by atoms with Gasteiger partial charge in [0.05, 0.1) is 5.56 Å². The highest BCUT2D eigenvalue weighted by Crippen LogP contribution is 2.30. The summed E-state index contributed by atoms with van der Waals surface area (Å²) in [6.45, 7) is 2.66. The maximum Gasteiger partial charge on any atom is 0.416 e. The van der Waals surface area contributed by atoms with Crippen LogP contribution in [-0.4, -0.2) is 49.5 Å². The van der Waals surface area contributed by atoms with Crippen LogP contribution in [0.25, 0.3) is 0 Å². The predicted octanol–water partition coefficient (Wildman–Crippen LogP) is 2.82. The van der Waals surface area contributed by atoms with E-state index in [1.54, 1.807) is 12.1 Å². The normalized spacial score (nSPS) is 22.1. The van der Waals surface area contributed by atoms with Crippen molar-refractivity contribution in [3.8, 4) is 0 Å². The molecule has 1 aliphatic rings. The fourth-order valence-electron chi connectivity index (χ4n) is 4.17. The minimum Gasteiger partial charge on any atom is -0.481 e. The molecule has 0 amide bonds. The zero-order chi connectivity index (χ0) is 20.7. The topological polar surface area (TPSA) is 66.6 Å². The molecular formula is C20H30BF3N2O2. The number of alkyl halides is 3. The van der Waals surface area contributed by atoms with Gasteiger partial charge in [0.2, 0.25) is 0 Å².